The van der Waals surface area contributed by atoms with Crippen molar-refractivity contribution in [3.05, 3.63) is 42.5 Å². The van der Waals surface area contributed by atoms with Crippen molar-refractivity contribution in [1.29, 1.82) is 0 Å². The van der Waals surface area contributed by atoms with E-state index in [-0.39, 0.29) is 0 Å². The Morgan fingerprint density at radius 3 is 2.94 bits per heavy atom. The van der Waals surface area contributed by atoms with Crippen LogP contribution in [0.3, 0.4) is 0 Å². The molecule has 2 N–H and O–H groups in total. The lowest BCUT2D eigenvalue weighted by atomic mass is 10.2. The van der Waals surface area contributed by atoms with Crippen LogP contribution >= 0.6 is 0 Å². The zero-order chi connectivity index (χ0) is 11.8. The van der Waals surface area contributed by atoms with Gasteiger partial charge in [-0.15, -0.1) is 10.2 Å². The van der Waals surface area contributed by atoms with Gasteiger partial charge in [-0.1, -0.05) is 0 Å². The topological polar surface area (TPSA) is 69.1 Å². The molecule has 2 aromatic heterocycles. The minimum Gasteiger partial charge on any atom is -0.399 e. The second-order valence-electron chi connectivity index (χ2n) is 3.55. The summed E-state index contributed by atoms with van der Waals surface area (Å²) in [5.41, 5.74) is 6.22. The molecule has 3 rings (SSSR count). The summed E-state index contributed by atoms with van der Waals surface area (Å²) in [4.78, 5) is 4.02. The lowest BCUT2D eigenvalue weighted by Gasteiger charge is -2.02. The van der Waals surface area contributed by atoms with Crippen molar-refractivity contribution in [2.24, 2.45) is 0 Å². The predicted molar refractivity (Wildman–Crippen MR) is 60.6 cm³/mol. The van der Waals surface area contributed by atoms with Crippen molar-refractivity contribution >= 4 is 11.5 Å². The van der Waals surface area contributed by atoms with Gasteiger partial charge in [-0.05, 0) is 24.3 Å². The summed E-state index contributed by atoms with van der Waals surface area (Å²) in [5, 5.41) is 7.79. The quantitative estimate of drug-likeness (QED) is 0.642. The van der Waals surface area contributed by atoms with Gasteiger partial charge in [0.2, 0.25) is 0 Å². The molecule has 0 aliphatic rings. The minimum absolute atomic E-state index is 0.347. The van der Waals surface area contributed by atoms with Crippen LogP contribution < -0.4 is 5.73 Å². The Hall–Kier alpha value is -2.50. The molecule has 6 heteroatoms. The molecule has 0 saturated heterocycles. The van der Waals surface area contributed by atoms with Gasteiger partial charge >= 0.3 is 0 Å². The van der Waals surface area contributed by atoms with E-state index in [4.69, 9.17) is 5.73 Å². The highest BCUT2D eigenvalue weighted by Gasteiger charge is 2.12. The number of hydrogen-bond acceptors (Lipinski definition) is 4. The van der Waals surface area contributed by atoms with Gasteiger partial charge in [0, 0.05) is 18.1 Å². The first kappa shape index (κ1) is 9.71. The fraction of sp³-hybridized carbons (Fsp3) is 0. The molecule has 0 amide bonds. The van der Waals surface area contributed by atoms with Crippen LogP contribution in [0.2, 0.25) is 0 Å². The summed E-state index contributed by atoms with van der Waals surface area (Å²) >= 11 is 0. The number of nitrogen functional groups attached to an aromatic ring is 1. The molecule has 0 saturated carbocycles. The number of fused-ring (bicyclic) bond motifs is 1. The largest absolute Gasteiger partial charge is 0.399 e. The van der Waals surface area contributed by atoms with Crippen LogP contribution in [0.5, 0.6) is 0 Å². The predicted octanol–water partition coefficient (Wildman–Crippen LogP) is 1.51. The summed E-state index contributed by atoms with van der Waals surface area (Å²) in [6.07, 6.45) is 3.33. The van der Waals surface area contributed by atoms with Crippen molar-refractivity contribution < 1.29 is 4.39 Å². The SMILES string of the molecule is Nc1ccc(-c2nnc3ncccn23)c(F)c1. The van der Waals surface area contributed by atoms with Gasteiger partial charge in [-0.2, -0.15) is 0 Å². The molecule has 5 nitrogen and oxygen atoms in total. The summed E-state index contributed by atoms with van der Waals surface area (Å²) in [6, 6.07) is 6.19. The van der Waals surface area contributed by atoms with Crippen molar-refractivity contribution in [2.45, 2.75) is 0 Å². The highest BCUT2D eigenvalue weighted by Crippen LogP contribution is 2.22. The maximum Gasteiger partial charge on any atom is 0.255 e. The number of hydrogen-bond donors (Lipinski definition) is 1. The van der Waals surface area contributed by atoms with Gasteiger partial charge in [0.05, 0.1) is 5.56 Å². The summed E-state index contributed by atoms with van der Waals surface area (Å²) in [5.74, 6) is 0.410. The Balaban J connectivity index is 2.27. The lowest BCUT2D eigenvalue weighted by molar-refractivity contribution is 0.630. The highest BCUT2D eigenvalue weighted by molar-refractivity contribution is 5.61. The molecule has 0 radical (unpaired) electrons. The fourth-order valence-corrected chi connectivity index (χ4v) is 1.64. The third-order valence-corrected chi connectivity index (χ3v) is 2.42. The van der Waals surface area contributed by atoms with Gasteiger partial charge in [0.1, 0.15) is 5.82 Å². The zero-order valence-corrected chi connectivity index (χ0v) is 8.71. The standard InChI is InChI=1S/C11H8FN5/c12-9-6-7(13)2-3-8(9)10-15-16-11-14-4-1-5-17(10)11/h1-6H,13H2. The van der Waals surface area contributed by atoms with Crippen LogP contribution in [0.15, 0.2) is 36.7 Å². The molecule has 17 heavy (non-hydrogen) atoms. The lowest BCUT2D eigenvalue weighted by Crippen LogP contribution is -1.94. The first-order chi connectivity index (χ1) is 8.25. The van der Waals surface area contributed by atoms with E-state index < -0.39 is 5.82 Å². The molecule has 0 atom stereocenters. The Morgan fingerprint density at radius 2 is 2.12 bits per heavy atom. The fourth-order valence-electron chi connectivity index (χ4n) is 1.64. The molecule has 2 heterocycles. The van der Waals surface area contributed by atoms with E-state index in [1.165, 1.54) is 6.07 Å². The molecule has 0 spiro atoms. The normalized spacial score (nSPS) is 10.9. The zero-order valence-electron chi connectivity index (χ0n) is 8.71. The van der Waals surface area contributed by atoms with E-state index in [9.17, 15) is 4.39 Å². The average molecular weight is 229 g/mol. The van der Waals surface area contributed by atoms with Crippen molar-refractivity contribution in [3.8, 4) is 11.4 Å². The number of benzene rings is 1. The number of aromatic nitrogens is 4. The maximum atomic E-state index is 13.8. The van der Waals surface area contributed by atoms with Crippen LogP contribution in [0.4, 0.5) is 10.1 Å². The molecule has 0 aliphatic carbocycles. The van der Waals surface area contributed by atoms with E-state index in [2.05, 4.69) is 15.2 Å². The van der Waals surface area contributed by atoms with Crippen molar-refractivity contribution in [1.82, 2.24) is 19.6 Å². The Labute approximate surface area is 95.7 Å². The average Bonchev–Trinajstić information content (AvgIpc) is 2.73. The number of rotatable bonds is 1. The van der Waals surface area contributed by atoms with Gasteiger partial charge in [-0.25, -0.2) is 9.37 Å². The van der Waals surface area contributed by atoms with Gasteiger partial charge in [0.25, 0.3) is 5.78 Å². The number of halogens is 1. The van der Waals surface area contributed by atoms with Crippen LogP contribution in [-0.4, -0.2) is 19.6 Å². The van der Waals surface area contributed by atoms with Gasteiger partial charge < -0.3 is 5.73 Å². The van der Waals surface area contributed by atoms with E-state index in [0.717, 1.165) is 0 Å². The van der Waals surface area contributed by atoms with Crippen LogP contribution in [0.1, 0.15) is 0 Å². The number of nitrogens with two attached hydrogens (primary N) is 1. The second kappa shape index (κ2) is 3.51. The smallest absolute Gasteiger partial charge is 0.255 e. The minimum atomic E-state index is -0.428. The van der Waals surface area contributed by atoms with E-state index in [0.29, 0.717) is 22.9 Å². The molecule has 1 aromatic carbocycles. The van der Waals surface area contributed by atoms with Crippen LogP contribution in [0.25, 0.3) is 17.2 Å². The third-order valence-electron chi connectivity index (χ3n) is 2.42. The van der Waals surface area contributed by atoms with Crippen molar-refractivity contribution in [2.75, 3.05) is 5.73 Å². The summed E-state index contributed by atoms with van der Waals surface area (Å²) < 4.78 is 15.4. The molecule has 0 aliphatic heterocycles. The molecule has 0 bridgehead atoms. The summed E-state index contributed by atoms with van der Waals surface area (Å²) in [7, 11) is 0. The molecule has 0 fully saturated rings. The first-order valence-corrected chi connectivity index (χ1v) is 4.97. The Morgan fingerprint density at radius 1 is 1.24 bits per heavy atom. The highest BCUT2D eigenvalue weighted by atomic mass is 19.1. The van der Waals surface area contributed by atoms with Crippen LogP contribution in [-0.2, 0) is 0 Å². The first-order valence-electron chi connectivity index (χ1n) is 4.97. The molecular formula is C11H8FN5. The van der Waals surface area contributed by atoms with E-state index in [1.54, 1.807) is 35.0 Å². The van der Waals surface area contributed by atoms with Crippen molar-refractivity contribution in [3.63, 3.8) is 0 Å². The molecule has 0 unspecified atom stereocenters. The monoisotopic (exact) mass is 229 g/mol. The van der Waals surface area contributed by atoms with E-state index >= 15 is 0 Å². The van der Waals surface area contributed by atoms with Crippen LogP contribution in [0, 0.1) is 5.82 Å². The maximum absolute atomic E-state index is 13.8. The molecular weight excluding hydrogens is 221 g/mol. The third kappa shape index (κ3) is 1.50. The summed E-state index contributed by atoms with van der Waals surface area (Å²) in [6.45, 7) is 0. The second-order valence-corrected chi connectivity index (χ2v) is 3.55. The van der Waals surface area contributed by atoms with Gasteiger partial charge in [-0.3, -0.25) is 4.40 Å². The Bertz CT molecular complexity index is 691. The Kier molecular flexibility index (Phi) is 2.01. The van der Waals surface area contributed by atoms with Gasteiger partial charge in [0.15, 0.2) is 5.82 Å². The number of anilines is 1. The molecule has 3 aromatic rings. The molecule has 84 valence electrons. The van der Waals surface area contributed by atoms with E-state index in [1.807, 2.05) is 0 Å². The number of nitrogens with zero attached hydrogens (tertiary/aromatic N) is 4.